The van der Waals surface area contributed by atoms with Crippen LogP contribution in [-0.2, 0) is 11.3 Å². The van der Waals surface area contributed by atoms with Gasteiger partial charge in [0.15, 0.2) is 0 Å². The lowest BCUT2D eigenvalue weighted by Crippen LogP contribution is -2.37. The van der Waals surface area contributed by atoms with Crippen molar-refractivity contribution in [2.75, 3.05) is 0 Å². The molecule has 2 atom stereocenters. The van der Waals surface area contributed by atoms with Gasteiger partial charge >= 0.3 is 0 Å². The molecule has 2 nitrogen and oxygen atoms in total. The van der Waals surface area contributed by atoms with Crippen molar-refractivity contribution in [1.29, 1.82) is 0 Å². The van der Waals surface area contributed by atoms with E-state index in [2.05, 4.69) is 36.1 Å². The highest BCUT2D eigenvalue weighted by atomic mass is 16.2. The Labute approximate surface area is 121 Å². The fraction of sp³-hybridized carbons (Fsp3) is 0.611. The predicted octanol–water partition coefficient (Wildman–Crippen LogP) is 3.53. The van der Waals surface area contributed by atoms with Crippen LogP contribution in [0.5, 0.6) is 0 Å². The van der Waals surface area contributed by atoms with Gasteiger partial charge in [0.2, 0.25) is 5.91 Å². The Balaban J connectivity index is 1.46. The van der Waals surface area contributed by atoms with Crippen molar-refractivity contribution in [2.24, 2.45) is 17.8 Å². The molecule has 0 bridgehead atoms. The van der Waals surface area contributed by atoms with Gasteiger partial charge in [0.25, 0.3) is 0 Å². The van der Waals surface area contributed by atoms with Gasteiger partial charge in [0, 0.05) is 18.5 Å². The highest BCUT2D eigenvalue weighted by molar-refractivity contribution is 5.80. The van der Waals surface area contributed by atoms with Crippen LogP contribution >= 0.6 is 0 Å². The van der Waals surface area contributed by atoms with E-state index in [0.717, 1.165) is 18.4 Å². The van der Waals surface area contributed by atoms with Crippen LogP contribution in [0.2, 0.25) is 0 Å². The fourth-order valence-electron chi connectivity index (χ4n) is 3.81. The Morgan fingerprint density at radius 2 is 1.75 bits per heavy atom. The van der Waals surface area contributed by atoms with Crippen molar-refractivity contribution >= 4 is 5.91 Å². The summed E-state index contributed by atoms with van der Waals surface area (Å²) < 4.78 is 0. The Hall–Kier alpha value is -1.31. The molecule has 20 heavy (non-hydrogen) atoms. The van der Waals surface area contributed by atoms with E-state index in [1.165, 1.54) is 43.2 Å². The van der Waals surface area contributed by atoms with Gasteiger partial charge < -0.3 is 4.90 Å². The molecule has 0 radical (unpaired) electrons. The van der Waals surface area contributed by atoms with Crippen molar-refractivity contribution in [1.82, 2.24) is 4.90 Å². The molecule has 0 saturated heterocycles. The van der Waals surface area contributed by atoms with E-state index in [1.807, 2.05) is 0 Å². The van der Waals surface area contributed by atoms with E-state index >= 15 is 0 Å². The number of hydrogen-bond acceptors (Lipinski definition) is 1. The van der Waals surface area contributed by atoms with E-state index in [4.69, 9.17) is 0 Å². The molecule has 3 fully saturated rings. The van der Waals surface area contributed by atoms with Crippen molar-refractivity contribution in [3.63, 3.8) is 0 Å². The molecule has 106 valence electrons. The number of aryl methyl sites for hydroxylation is 1. The lowest BCUT2D eigenvalue weighted by atomic mass is 10.0. The summed E-state index contributed by atoms with van der Waals surface area (Å²) in [6, 6.07) is 9.17. The SMILES string of the molecule is Cc1ccc(CN(C(=O)C2CC3CC3C2)C2CC2)cc1. The number of fused-ring (bicyclic) bond motifs is 1. The number of rotatable bonds is 4. The molecule has 3 aliphatic rings. The van der Waals surface area contributed by atoms with Crippen LogP contribution < -0.4 is 0 Å². The van der Waals surface area contributed by atoms with Gasteiger partial charge in [-0.05, 0) is 56.4 Å². The molecule has 1 aromatic carbocycles. The normalized spacial score (nSPS) is 30.9. The molecule has 0 heterocycles. The number of hydrogen-bond donors (Lipinski definition) is 0. The van der Waals surface area contributed by atoms with E-state index in [0.29, 0.717) is 17.9 Å². The van der Waals surface area contributed by atoms with Gasteiger partial charge in [-0.3, -0.25) is 4.79 Å². The van der Waals surface area contributed by atoms with E-state index in [-0.39, 0.29) is 0 Å². The van der Waals surface area contributed by atoms with Crippen LogP contribution in [0, 0.1) is 24.7 Å². The molecular weight excluding hydrogens is 246 g/mol. The summed E-state index contributed by atoms with van der Waals surface area (Å²) in [6.45, 7) is 2.92. The lowest BCUT2D eigenvalue weighted by molar-refractivity contribution is -0.137. The quantitative estimate of drug-likeness (QED) is 0.819. The molecule has 0 spiro atoms. The predicted molar refractivity (Wildman–Crippen MR) is 79.1 cm³/mol. The van der Waals surface area contributed by atoms with Crippen LogP contribution in [-0.4, -0.2) is 16.8 Å². The van der Waals surface area contributed by atoms with Crippen LogP contribution in [0.25, 0.3) is 0 Å². The summed E-state index contributed by atoms with van der Waals surface area (Å²) in [7, 11) is 0. The van der Waals surface area contributed by atoms with Gasteiger partial charge in [0.1, 0.15) is 0 Å². The van der Waals surface area contributed by atoms with Crippen molar-refractivity contribution in [3.8, 4) is 0 Å². The smallest absolute Gasteiger partial charge is 0.226 e. The Bertz CT molecular complexity index is 507. The molecule has 2 heteroatoms. The number of carbonyl (C=O) groups excluding carboxylic acids is 1. The van der Waals surface area contributed by atoms with Crippen molar-refractivity contribution in [3.05, 3.63) is 35.4 Å². The lowest BCUT2D eigenvalue weighted by Gasteiger charge is -2.26. The molecule has 2 unspecified atom stereocenters. The minimum absolute atomic E-state index is 0.338. The molecule has 4 rings (SSSR count). The molecule has 0 aliphatic heterocycles. The summed E-state index contributed by atoms with van der Waals surface area (Å²) >= 11 is 0. The zero-order valence-corrected chi connectivity index (χ0v) is 12.2. The molecule has 1 amide bonds. The highest BCUT2D eigenvalue weighted by Gasteiger charge is 2.49. The third kappa shape index (κ3) is 2.36. The Morgan fingerprint density at radius 1 is 1.10 bits per heavy atom. The minimum Gasteiger partial charge on any atom is -0.335 e. The Kier molecular flexibility index (Phi) is 2.87. The summed E-state index contributed by atoms with van der Waals surface area (Å²) in [6.07, 6.45) is 6.14. The number of carbonyl (C=O) groups is 1. The molecule has 0 N–H and O–H groups in total. The zero-order valence-electron chi connectivity index (χ0n) is 12.2. The summed E-state index contributed by atoms with van der Waals surface area (Å²) in [5, 5.41) is 0. The van der Waals surface area contributed by atoms with Crippen LogP contribution in [0.1, 0.15) is 43.2 Å². The summed E-state index contributed by atoms with van der Waals surface area (Å²) in [5.74, 6) is 2.57. The van der Waals surface area contributed by atoms with E-state index in [1.54, 1.807) is 0 Å². The van der Waals surface area contributed by atoms with Crippen molar-refractivity contribution < 1.29 is 4.79 Å². The average molecular weight is 269 g/mol. The first-order valence-electron chi connectivity index (χ1n) is 8.07. The van der Waals surface area contributed by atoms with Gasteiger partial charge in [-0.2, -0.15) is 0 Å². The van der Waals surface area contributed by atoms with Gasteiger partial charge in [-0.15, -0.1) is 0 Å². The largest absolute Gasteiger partial charge is 0.335 e. The molecular formula is C18H23NO. The van der Waals surface area contributed by atoms with E-state index in [9.17, 15) is 4.79 Å². The van der Waals surface area contributed by atoms with E-state index < -0.39 is 0 Å². The first kappa shape index (κ1) is 12.4. The number of amides is 1. The van der Waals surface area contributed by atoms with Gasteiger partial charge in [-0.25, -0.2) is 0 Å². The Morgan fingerprint density at radius 3 is 2.35 bits per heavy atom. The molecule has 1 aromatic rings. The first-order valence-corrected chi connectivity index (χ1v) is 8.07. The standard InChI is InChI=1S/C18H23NO/c1-12-2-4-13(5-3-12)11-19(17-6-7-17)18(20)16-9-14-8-15(14)10-16/h2-5,14-17H,6-11H2,1H3. The maximum atomic E-state index is 12.8. The van der Waals surface area contributed by atoms with Crippen LogP contribution in [0.4, 0.5) is 0 Å². The van der Waals surface area contributed by atoms with Crippen LogP contribution in [0.15, 0.2) is 24.3 Å². The first-order chi connectivity index (χ1) is 9.70. The zero-order chi connectivity index (χ0) is 13.7. The third-order valence-electron chi connectivity index (χ3n) is 5.34. The molecule has 3 saturated carbocycles. The topological polar surface area (TPSA) is 20.3 Å². The van der Waals surface area contributed by atoms with Gasteiger partial charge in [0.05, 0.1) is 0 Å². The number of benzene rings is 1. The van der Waals surface area contributed by atoms with Crippen LogP contribution in [0.3, 0.4) is 0 Å². The van der Waals surface area contributed by atoms with Crippen molar-refractivity contribution in [2.45, 2.75) is 51.6 Å². The maximum Gasteiger partial charge on any atom is 0.226 e. The third-order valence-corrected chi connectivity index (χ3v) is 5.34. The molecule has 3 aliphatic carbocycles. The fourth-order valence-corrected chi connectivity index (χ4v) is 3.81. The minimum atomic E-state index is 0.338. The monoisotopic (exact) mass is 269 g/mol. The van der Waals surface area contributed by atoms with Gasteiger partial charge in [-0.1, -0.05) is 29.8 Å². The highest BCUT2D eigenvalue weighted by Crippen LogP contribution is 2.55. The number of nitrogens with zero attached hydrogens (tertiary/aromatic N) is 1. The second-order valence-electron chi connectivity index (χ2n) is 7.11. The maximum absolute atomic E-state index is 12.8. The second kappa shape index (κ2) is 4.61. The summed E-state index contributed by atoms with van der Waals surface area (Å²) in [5.41, 5.74) is 2.56. The average Bonchev–Trinajstić information content (AvgIpc) is 3.37. The summed E-state index contributed by atoms with van der Waals surface area (Å²) in [4.78, 5) is 15.0. The second-order valence-corrected chi connectivity index (χ2v) is 7.11. The molecule has 0 aromatic heterocycles.